The highest BCUT2D eigenvalue weighted by molar-refractivity contribution is 7.99. The summed E-state index contributed by atoms with van der Waals surface area (Å²) in [5.41, 5.74) is 0. The smallest absolute Gasteiger partial charge is 0.0113 e. The van der Waals surface area contributed by atoms with Crippen LogP contribution in [0.1, 0.15) is 6.92 Å². The molecule has 0 rings (SSSR count). The second-order valence-electron chi connectivity index (χ2n) is 1.69. The monoisotopic (exact) mass is 162 g/mol. The lowest BCUT2D eigenvalue weighted by Gasteiger charge is -1.87. The van der Waals surface area contributed by atoms with Gasteiger partial charge in [-0.05, 0) is 18.6 Å². The molecule has 54 valence electrons. The lowest BCUT2D eigenvalue weighted by molar-refractivity contribution is 1.51. The third-order valence-corrected chi connectivity index (χ3v) is 2.39. The van der Waals surface area contributed by atoms with E-state index in [1.165, 1.54) is 17.7 Å². The Morgan fingerprint density at radius 2 is 2.22 bits per heavy atom. The Balaban J connectivity index is 2.86. The van der Waals surface area contributed by atoms with Crippen LogP contribution in [0.15, 0.2) is 12.2 Å². The van der Waals surface area contributed by atoms with Gasteiger partial charge in [0.2, 0.25) is 0 Å². The molecule has 2 heteroatoms. The van der Waals surface area contributed by atoms with E-state index in [0.29, 0.717) is 0 Å². The predicted molar refractivity (Wildman–Crippen MR) is 51.2 cm³/mol. The second-order valence-corrected chi connectivity index (χ2v) is 4.12. The fourth-order valence-electron chi connectivity index (χ4n) is 0.455. The van der Waals surface area contributed by atoms with Crippen molar-refractivity contribution in [1.29, 1.82) is 0 Å². The fraction of sp³-hybridized carbons (Fsp3) is 0.714. The normalized spacial score (nSPS) is 12.2. The van der Waals surface area contributed by atoms with E-state index in [0.717, 1.165) is 8.58 Å². The van der Waals surface area contributed by atoms with Crippen LogP contribution in [0.3, 0.4) is 0 Å². The summed E-state index contributed by atoms with van der Waals surface area (Å²) in [5.74, 6) is 2.43. The quantitative estimate of drug-likeness (QED) is 0.340. The highest BCUT2D eigenvalue weighted by Gasteiger charge is 1.76. The molecule has 1 atom stereocenters. The minimum Gasteiger partial charge on any atom is -0.158 e. The van der Waals surface area contributed by atoms with Crippen LogP contribution in [-0.4, -0.2) is 24.3 Å². The molecule has 9 heavy (non-hydrogen) atoms. The Bertz CT molecular complexity index is 71.3. The first-order chi connectivity index (χ1) is 4.41. The van der Waals surface area contributed by atoms with E-state index in [1.54, 1.807) is 0 Å². The molecule has 0 nitrogen and oxygen atoms in total. The van der Waals surface area contributed by atoms with E-state index in [9.17, 15) is 0 Å². The van der Waals surface area contributed by atoms with Gasteiger partial charge in [-0.3, -0.25) is 0 Å². The average Bonchev–Trinajstić information content (AvgIpc) is 1.89. The van der Waals surface area contributed by atoms with Crippen molar-refractivity contribution in [1.82, 2.24) is 0 Å². The van der Waals surface area contributed by atoms with Crippen molar-refractivity contribution in [2.45, 2.75) is 6.92 Å². The minimum absolute atomic E-state index is 1.07. The van der Waals surface area contributed by atoms with Gasteiger partial charge in [-0.1, -0.05) is 19.1 Å². The van der Waals surface area contributed by atoms with E-state index in [4.69, 9.17) is 0 Å². The second kappa shape index (κ2) is 8.52. The van der Waals surface area contributed by atoms with Gasteiger partial charge in [0.05, 0.1) is 0 Å². The van der Waals surface area contributed by atoms with Crippen molar-refractivity contribution in [3.8, 4) is 0 Å². The molecular weight excluding hydrogens is 147 g/mol. The zero-order valence-electron chi connectivity index (χ0n) is 6.18. The Hall–Kier alpha value is 0.520. The van der Waals surface area contributed by atoms with Crippen LogP contribution >= 0.6 is 20.3 Å². The third kappa shape index (κ3) is 8.52. The van der Waals surface area contributed by atoms with Crippen LogP contribution in [0.25, 0.3) is 0 Å². The molecule has 0 amide bonds. The molecule has 0 aromatic rings. The Morgan fingerprint density at radius 1 is 1.44 bits per heavy atom. The number of hydrogen-bond acceptors (Lipinski definition) is 1. The summed E-state index contributed by atoms with van der Waals surface area (Å²) < 4.78 is 0. The van der Waals surface area contributed by atoms with E-state index < -0.39 is 0 Å². The maximum Gasteiger partial charge on any atom is 0.0113 e. The molecule has 0 aliphatic rings. The predicted octanol–water partition coefficient (Wildman–Crippen LogP) is 2.60. The summed E-state index contributed by atoms with van der Waals surface area (Å²) in [7, 11) is 1.07. The highest BCUT2D eigenvalue weighted by atomic mass is 32.2. The summed E-state index contributed by atoms with van der Waals surface area (Å²) in [6.07, 6.45) is 5.82. The summed E-state index contributed by atoms with van der Waals surface area (Å²) in [4.78, 5) is 0. The van der Waals surface area contributed by atoms with Crippen molar-refractivity contribution < 1.29 is 0 Å². The van der Waals surface area contributed by atoms with Crippen molar-refractivity contribution >= 4 is 20.3 Å². The molecule has 0 fully saturated rings. The summed E-state index contributed by atoms with van der Waals surface area (Å²) >= 11 is 1.97. The number of hydrogen-bond donors (Lipinski definition) is 0. The molecule has 0 bridgehead atoms. The van der Waals surface area contributed by atoms with Gasteiger partial charge in [0.1, 0.15) is 0 Å². The van der Waals surface area contributed by atoms with Crippen LogP contribution in [0, 0.1) is 0 Å². The van der Waals surface area contributed by atoms with Crippen LogP contribution in [0.2, 0.25) is 0 Å². The average molecular weight is 162 g/mol. The summed E-state index contributed by atoms with van der Waals surface area (Å²) in [5, 5.41) is 0. The maximum absolute atomic E-state index is 2.28. The van der Waals surface area contributed by atoms with Crippen molar-refractivity contribution in [2.75, 3.05) is 24.3 Å². The lowest BCUT2D eigenvalue weighted by Crippen LogP contribution is -1.72. The first-order valence-electron chi connectivity index (χ1n) is 3.29. The molecule has 0 spiro atoms. The van der Waals surface area contributed by atoms with Gasteiger partial charge in [-0.15, -0.1) is 8.58 Å². The Morgan fingerprint density at radius 3 is 2.78 bits per heavy atom. The number of allylic oxidation sites excluding steroid dienone is 1. The molecule has 0 saturated carbocycles. The first kappa shape index (κ1) is 9.52. The van der Waals surface area contributed by atoms with Crippen LogP contribution in [-0.2, 0) is 0 Å². The van der Waals surface area contributed by atoms with Crippen molar-refractivity contribution in [2.24, 2.45) is 0 Å². The van der Waals surface area contributed by atoms with E-state index in [-0.39, 0.29) is 0 Å². The standard InChI is InChI=1S/C7H15PS/c1-3-9-7-5-4-6-8-2/h4-5,8H,3,6-7H2,1-2H3/b5-4-. The van der Waals surface area contributed by atoms with Crippen LogP contribution < -0.4 is 0 Å². The Kier molecular flexibility index (Phi) is 9.01. The Labute approximate surface area is 64.3 Å². The largest absolute Gasteiger partial charge is 0.158 e. The van der Waals surface area contributed by atoms with Gasteiger partial charge in [-0.25, -0.2) is 0 Å². The number of rotatable bonds is 5. The van der Waals surface area contributed by atoms with Gasteiger partial charge in [0, 0.05) is 5.75 Å². The zero-order chi connectivity index (χ0) is 6.95. The third-order valence-electron chi connectivity index (χ3n) is 0.907. The minimum atomic E-state index is 1.07. The lowest BCUT2D eigenvalue weighted by atomic mass is 10.6. The molecule has 0 aromatic carbocycles. The van der Waals surface area contributed by atoms with E-state index in [1.807, 2.05) is 11.8 Å². The maximum atomic E-state index is 2.28. The highest BCUT2D eigenvalue weighted by Crippen LogP contribution is 2.02. The summed E-state index contributed by atoms with van der Waals surface area (Å²) in [6.45, 7) is 4.43. The van der Waals surface area contributed by atoms with Gasteiger partial charge in [0.15, 0.2) is 0 Å². The molecule has 0 aliphatic heterocycles. The fourth-order valence-corrected chi connectivity index (χ4v) is 1.37. The molecule has 0 aliphatic carbocycles. The van der Waals surface area contributed by atoms with E-state index in [2.05, 4.69) is 25.7 Å². The SMILES string of the molecule is CCSC/C=C\CPC. The topological polar surface area (TPSA) is 0 Å². The zero-order valence-corrected chi connectivity index (χ0v) is 8.00. The van der Waals surface area contributed by atoms with Gasteiger partial charge in [0.25, 0.3) is 0 Å². The molecule has 0 saturated heterocycles. The molecule has 0 aromatic heterocycles. The van der Waals surface area contributed by atoms with Gasteiger partial charge in [-0.2, -0.15) is 11.8 Å². The van der Waals surface area contributed by atoms with Gasteiger partial charge < -0.3 is 0 Å². The molecule has 0 heterocycles. The van der Waals surface area contributed by atoms with Crippen LogP contribution in [0.5, 0.6) is 0 Å². The van der Waals surface area contributed by atoms with Crippen LogP contribution in [0.4, 0.5) is 0 Å². The van der Waals surface area contributed by atoms with Gasteiger partial charge >= 0.3 is 0 Å². The van der Waals surface area contributed by atoms with Crippen molar-refractivity contribution in [3.63, 3.8) is 0 Å². The first-order valence-corrected chi connectivity index (χ1v) is 6.15. The molecule has 0 radical (unpaired) electrons. The summed E-state index contributed by atoms with van der Waals surface area (Å²) in [6, 6.07) is 0. The van der Waals surface area contributed by atoms with Crippen molar-refractivity contribution in [3.05, 3.63) is 12.2 Å². The number of thioether (sulfide) groups is 1. The van der Waals surface area contributed by atoms with E-state index >= 15 is 0 Å². The molecule has 1 unspecified atom stereocenters. The molecular formula is C7H15PS. The molecule has 0 N–H and O–H groups in total.